The lowest BCUT2D eigenvalue weighted by Gasteiger charge is -2.33. The SMILES string of the molecule is CCOc1ccc(N(CC(=O)N(Cc2ccccc2F)[C@H](Cc2ccccc2)C(=O)NC)S(=O)(=O)c2ccc(OC)c(OC)c2)cc1. The molecule has 12 heteroatoms. The minimum absolute atomic E-state index is 0.103. The van der Waals surface area contributed by atoms with E-state index in [4.69, 9.17) is 14.2 Å². The number of ether oxygens (including phenoxy) is 3. The molecule has 4 aromatic rings. The lowest BCUT2D eigenvalue weighted by Crippen LogP contribution is -2.53. The summed E-state index contributed by atoms with van der Waals surface area (Å²) >= 11 is 0. The third-order valence-electron chi connectivity index (χ3n) is 7.47. The summed E-state index contributed by atoms with van der Waals surface area (Å²) in [7, 11) is -0.165. The second kappa shape index (κ2) is 15.9. The third-order valence-corrected chi connectivity index (χ3v) is 9.24. The van der Waals surface area contributed by atoms with Gasteiger partial charge in [0.1, 0.15) is 24.2 Å². The average Bonchev–Trinajstić information content (AvgIpc) is 3.09. The predicted molar refractivity (Wildman–Crippen MR) is 177 cm³/mol. The van der Waals surface area contributed by atoms with Gasteiger partial charge in [0.25, 0.3) is 10.0 Å². The Balaban J connectivity index is 1.82. The van der Waals surface area contributed by atoms with Crippen LogP contribution in [-0.4, -0.2) is 65.6 Å². The van der Waals surface area contributed by atoms with Crippen molar-refractivity contribution in [3.8, 4) is 17.2 Å². The van der Waals surface area contributed by atoms with E-state index in [0.717, 1.165) is 9.87 Å². The number of carbonyl (C=O) groups excluding carboxylic acids is 2. The van der Waals surface area contributed by atoms with Gasteiger partial charge >= 0.3 is 0 Å². The van der Waals surface area contributed by atoms with Gasteiger partial charge in [-0.25, -0.2) is 12.8 Å². The summed E-state index contributed by atoms with van der Waals surface area (Å²) in [6, 6.07) is 24.3. The van der Waals surface area contributed by atoms with E-state index in [1.54, 1.807) is 18.2 Å². The summed E-state index contributed by atoms with van der Waals surface area (Å²) in [5, 5.41) is 2.61. The van der Waals surface area contributed by atoms with Crippen LogP contribution in [0.3, 0.4) is 0 Å². The summed E-state index contributed by atoms with van der Waals surface area (Å²) in [4.78, 5) is 28.8. The van der Waals surface area contributed by atoms with Crippen LogP contribution in [0.2, 0.25) is 0 Å². The van der Waals surface area contributed by atoms with Crippen molar-refractivity contribution in [2.75, 3.05) is 38.7 Å². The normalized spacial score (nSPS) is 11.7. The van der Waals surface area contributed by atoms with Crippen molar-refractivity contribution in [1.29, 1.82) is 0 Å². The quantitative estimate of drug-likeness (QED) is 0.194. The molecule has 0 fully saturated rings. The van der Waals surface area contributed by atoms with Gasteiger partial charge in [-0.1, -0.05) is 48.5 Å². The van der Waals surface area contributed by atoms with Crippen LogP contribution in [0.25, 0.3) is 0 Å². The van der Waals surface area contributed by atoms with Crippen LogP contribution >= 0.6 is 0 Å². The third kappa shape index (κ3) is 8.39. The molecule has 0 aromatic heterocycles. The molecule has 1 atom stereocenters. The Morgan fingerprint density at radius 1 is 0.872 bits per heavy atom. The number of amides is 2. The molecule has 0 aliphatic heterocycles. The molecular formula is C35H38FN3O7S. The molecule has 0 saturated carbocycles. The molecule has 0 unspecified atom stereocenters. The van der Waals surface area contributed by atoms with Crippen molar-refractivity contribution in [3.05, 3.63) is 114 Å². The number of anilines is 1. The maximum atomic E-state index is 15.0. The van der Waals surface area contributed by atoms with Gasteiger partial charge in [0.2, 0.25) is 11.8 Å². The zero-order chi connectivity index (χ0) is 34.0. The number of hydrogen-bond acceptors (Lipinski definition) is 7. The largest absolute Gasteiger partial charge is 0.494 e. The molecule has 2 amide bonds. The monoisotopic (exact) mass is 663 g/mol. The Kier molecular flexibility index (Phi) is 11.8. The number of benzene rings is 4. The first-order valence-corrected chi connectivity index (χ1v) is 16.3. The summed E-state index contributed by atoms with van der Waals surface area (Å²) in [5.41, 5.74) is 1.09. The van der Waals surface area contributed by atoms with Crippen LogP contribution in [0, 0.1) is 5.82 Å². The van der Waals surface area contributed by atoms with Crippen LogP contribution in [0.1, 0.15) is 18.1 Å². The van der Waals surface area contributed by atoms with Crippen molar-refractivity contribution in [3.63, 3.8) is 0 Å². The van der Waals surface area contributed by atoms with Crippen molar-refractivity contribution in [1.82, 2.24) is 10.2 Å². The fraction of sp³-hybridized carbons (Fsp3) is 0.257. The van der Waals surface area contributed by atoms with Crippen molar-refractivity contribution in [2.24, 2.45) is 0 Å². The molecule has 1 N–H and O–H groups in total. The lowest BCUT2D eigenvalue weighted by atomic mass is 10.0. The number of rotatable bonds is 15. The van der Waals surface area contributed by atoms with Gasteiger partial charge in [-0.15, -0.1) is 0 Å². The van der Waals surface area contributed by atoms with E-state index in [2.05, 4.69) is 5.32 Å². The standard InChI is InChI=1S/C35H38FN3O7S/c1-5-46-28-17-15-27(16-18-28)39(47(42,43)29-19-20-32(44-3)33(22-29)45-4)24-34(40)38(23-26-13-9-10-14-30(26)36)31(35(41)37-2)21-25-11-7-6-8-12-25/h6-20,22,31H,5,21,23-24H2,1-4H3,(H,37,41)/t31-/m1/s1. The van der Waals surface area contributed by atoms with Crippen molar-refractivity contribution < 1.29 is 36.6 Å². The smallest absolute Gasteiger partial charge is 0.264 e. The highest BCUT2D eigenvalue weighted by Crippen LogP contribution is 2.33. The van der Waals surface area contributed by atoms with E-state index in [9.17, 15) is 22.4 Å². The number of sulfonamides is 1. The van der Waals surface area contributed by atoms with Crippen LogP contribution in [0.5, 0.6) is 17.2 Å². The summed E-state index contributed by atoms with van der Waals surface area (Å²) in [6.45, 7) is 1.23. The minimum atomic E-state index is -4.42. The molecule has 4 rings (SSSR count). The average molecular weight is 664 g/mol. The van der Waals surface area contributed by atoms with Crippen LogP contribution in [-0.2, 0) is 32.6 Å². The van der Waals surface area contributed by atoms with E-state index in [-0.39, 0.29) is 34.9 Å². The fourth-order valence-electron chi connectivity index (χ4n) is 5.04. The second-order valence-corrected chi connectivity index (χ2v) is 12.3. The Morgan fingerprint density at radius 3 is 2.15 bits per heavy atom. The minimum Gasteiger partial charge on any atom is -0.494 e. The van der Waals surface area contributed by atoms with Crippen LogP contribution in [0.15, 0.2) is 102 Å². The van der Waals surface area contributed by atoms with Crippen LogP contribution < -0.4 is 23.8 Å². The second-order valence-electron chi connectivity index (χ2n) is 10.4. The van der Waals surface area contributed by atoms with Crippen molar-refractivity contribution in [2.45, 2.75) is 30.8 Å². The van der Waals surface area contributed by atoms with Crippen molar-refractivity contribution >= 4 is 27.5 Å². The Hall–Kier alpha value is -5.10. The Morgan fingerprint density at radius 2 is 1.53 bits per heavy atom. The highest BCUT2D eigenvalue weighted by molar-refractivity contribution is 7.92. The maximum Gasteiger partial charge on any atom is 0.264 e. The Bertz CT molecular complexity index is 1770. The summed E-state index contributed by atoms with van der Waals surface area (Å²) in [5.74, 6) is -0.780. The highest BCUT2D eigenvalue weighted by Gasteiger charge is 2.35. The van der Waals surface area contributed by atoms with E-state index >= 15 is 0 Å². The number of nitrogens with one attached hydrogen (secondary N) is 1. The van der Waals surface area contributed by atoms with Crippen LogP contribution in [0.4, 0.5) is 10.1 Å². The molecular weight excluding hydrogens is 625 g/mol. The molecule has 4 aromatic carbocycles. The molecule has 0 bridgehead atoms. The van der Waals surface area contributed by atoms with Gasteiger partial charge in [-0.2, -0.15) is 0 Å². The first-order chi connectivity index (χ1) is 22.6. The van der Waals surface area contributed by atoms with E-state index in [1.807, 2.05) is 37.3 Å². The van der Waals surface area contributed by atoms with Gasteiger partial charge in [-0.3, -0.25) is 13.9 Å². The van der Waals surface area contributed by atoms with Gasteiger partial charge in [0, 0.05) is 31.6 Å². The summed E-state index contributed by atoms with van der Waals surface area (Å²) < 4.78 is 60.7. The van der Waals surface area contributed by atoms with E-state index in [0.29, 0.717) is 18.1 Å². The molecule has 248 valence electrons. The maximum absolute atomic E-state index is 15.0. The fourth-order valence-corrected chi connectivity index (χ4v) is 6.47. The number of halogens is 1. The lowest BCUT2D eigenvalue weighted by molar-refractivity contribution is -0.139. The molecule has 0 heterocycles. The molecule has 0 aliphatic rings. The topological polar surface area (TPSA) is 114 Å². The predicted octanol–water partition coefficient (Wildman–Crippen LogP) is 4.82. The zero-order valence-corrected chi connectivity index (χ0v) is 27.5. The Labute approximate surface area is 274 Å². The number of carbonyl (C=O) groups is 2. The van der Waals surface area contributed by atoms with E-state index < -0.39 is 40.2 Å². The molecule has 47 heavy (non-hydrogen) atoms. The molecule has 0 spiro atoms. The zero-order valence-electron chi connectivity index (χ0n) is 26.7. The van der Waals surface area contributed by atoms with Gasteiger partial charge < -0.3 is 24.4 Å². The number of likely N-dealkylation sites (N-methyl/N-ethyl adjacent to an activating group) is 1. The number of methoxy groups -OCH3 is 2. The molecule has 0 aliphatic carbocycles. The first kappa shape index (κ1) is 34.8. The van der Waals surface area contributed by atoms with Gasteiger partial charge in [-0.05, 0) is 55.0 Å². The number of nitrogens with zero attached hydrogens (tertiary/aromatic N) is 2. The van der Waals surface area contributed by atoms with Gasteiger partial charge in [0.15, 0.2) is 11.5 Å². The summed E-state index contributed by atoms with van der Waals surface area (Å²) in [6.07, 6.45) is 0.103. The van der Waals surface area contributed by atoms with E-state index in [1.165, 1.54) is 74.7 Å². The molecule has 0 saturated heterocycles. The molecule has 0 radical (unpaired) electrons. The molecule has 10 nitrogen and oxygen atoms in total. The highest BCUT2D eigenvalue weighted by atomic mass is 32.2. The first-order valence-electron chi connectivity index (χ1n) is 14.9. The number of hydrogen-bond donors (Lipinski definition) is 1. The van der Waals surface area contributed by atoms with Gasteiger partial charge in [0.05, 0.1) is 31.4 Å².